The normalized spacial score (nSPS) is 13.4. The molecule has 1 aromatic carbocycles. The minimum atomic E-state index is 0.498. The highest BCUT2D eigenvalue weighted by molar-refractivity contribution is 7.13. The summed E-state index contributed by atoms with van der Waals surface area (Å²) in [6.07, 6.45) is 0.777. The van der Waals surface area contributed by atoms with Crippen molar-refractivity contribution in [3.63, 3.8) is 0 Å². The molecule has 0 unspecified atom stereocenters. The molecule has 4 nitrogen and oxygen atoms in total. The van der Waals surface area contributed by atoms with Crippen LogP contribution in [-0.4, -0.2) is 24.5 Å². The van der Waals surface area contributed by atoms with Gasteiger partial charge in [0.1, 0.15) is 13.2 Å². The first-order valence-corrected chi connectivity index (χ1v) is 6.42. The van der Waals surface area contributed by atoms with E-state index < -0.39 is 0 Å². The van der Waals surface area contributed by atoms with Gasteiger partial charge < -0.3 is 9.47 Å². The van der Waals surface area contributed by atoms with E-state index in [-0.39, 0.29) is 0 Å². The monoisotopic (exact) mass is 261 g/mol. The quantitative estimate of drug-likeness (QED) is 0.780. The Balaban J connectivity index is 2.05. The first-order valence-electron chi connectivity index (χ1n) is 5.60. The molecule has 18 heavy (non-hydrogen) atoms. The Morgan fingerprint density at radius 2 is 2.06 bits per heavy atom. The maximum absolute atomic E-state index is 10.7. The predicted octanol–water partition coefficient (Wildman–Crippen LogP) is 2.70. The number of benzene rings is 1. The summed E-state index contributed by atoms with van der Waals surface area (Å²) in [6, 6.07) is 5.72. The van der Waals surface area contributed by atoms with Crippen LogP contribution in [0.2, 0.25) is 0 Å². The molecule has 1 aliphatic rings. The van der Waals surface area contributed by atoms with Gasteiger partial charge >= 0.3 is 0 Å². The Morgan fingerprint density at radius 1 is 1.28 bits per heavy atom. The van der Waals surface area contributed by atoms with Crippen LogP contribution in [0.1, 0.15) is 14.7 Å². The Kier molecular flexibility index (Phi) is 2.76. The Morgan fingerprint density at radius 3 is 2.78 bits per heavy atom. The van der Waals surface area contributed by atoms with Crippen LogP contribution in [0.5, 0.6) is 11.5 Å². The van der Waals surface area contributed by atoms with Gasteiger partial charge in [0.05, 0.1) is 5.69 Å². The highest BCUT2D eigenvalue weighted by Gasteiger charge is 2.15. The summed E-state index contributed by atoms with van der Waals surface area (Å²) >= 11 is 1.40. The van der Waals surface area contributed by atoms with Crippen molar-refractivity contribution in [2.75, 3.05) is 13.2 Å². The summed E-state index contributed by atoms with van der Waals surface area (Å²) in [5, 5.41) is 0.498. The third kappa shape index (κ3) is 1.86. The number of nitrogens with zero attached hydrogens (tertiary/aromatic N) is 1. The lowest BCUT2D eigenvalue weighted by molar-refractivity contribution is 0.112. The van der Waals surface area contributed by atoms with Gasteiger partial charge in [-0.25, -0.2) is 4.98 Å². The maximum Gasteiger partial charge on any atom is 0.178 e. The van der Waals surface area contributed by atoms with Crippen molar-refractivity contribution >= 4 is 17.6 Å². The van der Waals surface area contributed by atoms with Crippen molar-refractivity contribution in [3.05, 3.63) is 28.1 Å². The second-order valence-corrected chi connectivity index (χ2v) is 5.17. The second kappa shape index (κ2) is 4.42. The zero-order valence-corrected chi connectivity index (χ0v) is 10.6. The summed E-state index contributed by atoms with van der Waals surface area (Å²) in [7, 11) is 0. The van der Waals surface area contributed by atoms with Crippen molar-refractivity contribution in [3.8, 4) is 22.8 Å². The Labute approximate surface area is 108 Å². The molecule has 3 rings (SSSR count). The molecule has 2 aromatic rings. The lowest BCUT2D eigenvalue weighted by atomic mass is 10.1. The molecule has 0 saturated heterocycles. The third-order valence-electron chi connectivity index (χ3n) is 2.73. The minimum absolute atomic E-state index is 0.498. The number of hydrogen-bond donors (Lipinski definition) is 0. The fourth-order valence-electron chi connectivity index (χ4n) is 1.93. The molecule has 1 aliphatic heterocycles. The van der Waals surface area contributed by atoms with Gasteiger partial charge in [-0.15, -0.1) is 11.3 Å². The summed E-state index contributed by atoms with van der Waals surface area (Å²) in [5.74, 6) is 1.49. The summed E-state index contributed by atoms with van der Waals surface area (Å²) in [5.41, 5.74) is 1.78. The van der Waals surface area contributed by atoms with Crippen LogP contribution in [0.3, 0.4) is 0 Å². The number of aryl methyl sites for hydroxylation is 1. The summed E-state index contributed by atoms with van der Waals surface area (Å²) < 4.78 is 11.0. The molecular weight excluding hydrogens is 250 g/mol. The fourth-order valence-corrected chi connectivity index (χ4v) is 2.68. The van der Waals surface area contributed by atoms with E-state index >= 15 is 0 Å². The van der Waals surface area contributed by atoms with E-state index in [2.05, 4.69) is 4.98 Å². The lowest BCUT2D eigenvalue weighted by Gasteiger charge is -2.18. The van der Waals surface area contributed by atoms with Gasteiger partial charge in [-0.2, -0.15) is 0 Å². The zero-order chi connectivity index (χ0) is 12.5. The number of aromatic nitrogens is 1. The highest BCUT2D eigenvalue weighted by Crippen LogP contribution is 2.36. The number of carbonyl (C=O) groups excluding carboxylic acids is 1. The van der Waals surface area contributed by atoms with E-state index in [0.717, 1.165) is 33.9 Å². The highest BCUT2D eigenvalue weighted by atomic mass is 32.1. The van der Waals surface area contributed by atoms with Gasteiger partial charge in [0, 0.05) is 10.4 Å². The van der Waals surface area contributed by atoms with Crippen LogP contribution in [0.25, 0.3) is 11.3 Å². The summed E-state index contributed by atoms with van der Waals surface area (Å²) in [4.78, 5) is 16.1. The molecule has 0 fully saturated rings. The van der Waals surface area contributed by atoms with Crippen LogP contribution in [-0.2, 0) is 0 Å². The molecule has 0 amide bonds. The zero-order valence-electron chi connectivity index (χ0n) is 9.80. The van der Waals surface area contributed by atoms with Crippen LogP contribution in [0.15, 0.2) is 18.2 Å². The first-order chi connectivity index (χ1) is 8.78. The second-order valence-electron chi connectivity index (χ2n) is 3.93. The topological polar surface area (TPSA) is 48.4 Å². The van der Waals surface area contributed by atoms with Crippen molar-refractivity contribution < 1.29 is 14.3 Å². The largest absolute Gasteiger partial charge is 0.486 e. The molecule has 5 heteroatoms. The molecule has 0 saturated carbocycles. The smallest absolute Gasteiger partial charge is 0.178 e. The van der Waals surface area contributed by atoms with E-state index in [1.165, 1.54) is 11.3 Å². The van der Waals surface area contributed by atoms with E-state index in [1.807, 2.05) is 25.1 Å². The number of carbonyl (C=O) groups is 1. The average Bonchev–Trinajstić information content (AvgIpc) is 2.79. The minimum Gasteiger partial charge on any atom is -0.486 e. The van der Waals surface area contributed by atoms with Crippen LogP contribution < -0.4 is 9.47 Å². The molecular formula is C13H11NO3S. The van der Waals surface area contributed by atoms with Crippen molar-refractivity contribution in [1.82, 2.24) is 4.98 Å². The number of ether oxygens (including phenoxy) is 2. The molecule has 0 radical (unpaired) electrons. The SMILES string of the molecule is Cc1sc(C=O)nc1-c1ccc2c(c1)OCCO2. The Hall–Kier alpha value is -1.88. The molecule has 92 valence electrons. The van der Waals surface area contributed by atoms with Gasteiger partial charge in [0.15, 0.2) is 22.8 Å². The predicted molar refractivity (Wildman–Crippen MR) is 68.7 cm³/mol. The standard InChI is InChI=1S/C13H11NO3S/c1-8-13(14-12(7-15)18-8)9-2-3-10-11(6-9)17-5-4-16-10/h2-3,6-7H,4-5H2,1H3. The van der Waals surface area contributed by atoms with Gasteiger partial charge in [0.2, 0.25) is 0 Å². The van der Waals surface area contributed by atoms with E-state index in [9.17, 15) is 4.79 Å². The van der Waals surface area contributed by atoms with Crippen molar-refractivity contribution in [2.45, 2.75) is 6.92 Å². The lowest BCUT2D eigenvalue weighted by Crippen LogP contribution is -2.15. The number of thiazole rings is 1. The van der Waals surface area contributed by atoms with Gasteiger partial charge in [0.25, 0.3) is 0 Å². The van der Waals surface area contributed by atoms with Gasteiger partial charge in [-0.3, -0.25) is 4.79 Å². The van der Waals surface area contributed by atoms with Gasteiger partial charge in [-0.05, 0) is 25.1 Å². The third-order valence-corrected chi connectivity index (χ3v) is 3.63. The van der Waals surface area contributed by atoms with E-state index in [0.29, 0.717) is 18.2 Å². The van der Waals surface area contributed by atoms with Crippen LogP contribution >= 0.6 is 11.3 Å². The Bertz CT molecular complexity index is 606. The molecule has 1 aromatic heterocycles. The molecule has 2 heterocycles. The van der Waals surface area contributed by atoms with Crippen molar-refractivity contribution in [2.24, 2.45) is 0 Å². The maximum atomic E-state index is 10.7. The number of hydrogen-bond acceptors (Lipinski definition) is 5. The summed E-state index contributed by atoms with van der Waals surface area (Å²) in [6.45, 7) is 3.10. The van der Waals surface area contributed by atoms with Crippen LogP contribution in [0.4, 0.5) is 0 Å². The van der Waals surface area contributed by atoms with Gasteiger partial charge in [-0.1, -0.05) is 0 Å². The molecule has 0 bridgehead atoms. The molecule has 0 N–H and O–H groups in total. The molecule has 0 spiro atoms. The molecule has 0 aliphatic carbocycles. The van der Waals surface area contributed by atoms with Crippen molar-refractivity contribution in [1.29, 1.82) is 0 Å². The first kappa shape index (κ1) is 11.2. The number of aldehydes is 1. The average molecular weight is 261 g/mol. The number of rotatable bonds is 2. The fraction of sp³-hybridized carbons (Fsp3) is 0.231. The van der Waals surface area contributed by atoms with E-state index in [1.54, 1.807) is 0 Å². The van der Waals surface area contributed by atoms with E-state index in [4.69, 9.17) is 9.47 Å². The number of fused-ring (bicyclic) bond motifs is 1. The molecule has 0 atom stereocenters. The van der Waals surface area contributed by atoms with Crippen LogP contribution in [0, 0.1) is 6.92 Å².